The van der Waals surface area contributed by atoms with Gasteiger partial charge < -0.3 is 0 Å². The topological polar surface area (TPSA) is 34.1 Å². The largest absolute Gasteiger partial charge is 0.255 e. The van der Waals surface area contributed by atoms with Crippen molar-refractivity contribution in [3.8, 4) is 0 Å². The van der Waals surface area contributed by atoms with Crippen LogP contribution < -0.4 is 0 Å². The van der Waals surface area contributed by atoms with Crippen LogP contribution >= 0.6 is 0 Å². The Morgan fingerprint density at radius 3 is 1.50 bits per heavy atom. The number of hydrogen-bond donors (Lipinski definition) is 0. The lowest BCUT2D eigenvalue weighted by atomic mass is 11.0. The highest BCUT2D eigenvalue weighted by molar-refractivity contribution is 7.91. The molecule has 0 saturated carbocycles. The van der Waals surface area contributed by atoms with Gasteiger partial charge in [-0.05, 0) is 10.8 Å². The van der Waals surface area contributed by atoms with Gasteiger partial charge >= 0.3 is 0 Å². The molecule has 0 spiro atoms. The maximum absolute atomic E-state index is 10.7. The second-order valence-electron chi connectivity index (χ2n) is 1.50. The third kappa shape index (κ3) is 4.64. The minimum atomic E-state index is -1.03. The summed E-state index contributed by atoms with van der Waals surface area (Å²) in [6.07, 6.45) is 0. The first-order chi connectivity index (χ1) is 4.70. The van der Waals surface area contributed by atoms with E-state index >= 15 is 0 Å². The van der Waals surface area contributed by atoms with Crippen LogP contribution in [0, 0.1) is 0 Å². The molecular formula is C6H10O2S2. The lowest BCUT2D eigenvalue weighted by Gasteiger charge is -1.91. The van der Waals surface area contributed by atoms with Crippen molar-refractivity contribution < 1.29 is 8.42 Å². The maximum atomic E-state index is 10.7. The van der Waals surface area contributed by atoms with Crippen LogP contribution in [0.3, 0.4) is 0 Å². The highest BCUT2D eigenvalue weighted by atomic mass is 32.2. The Bertz CT molecular complexity index is 155. The van der Waals surface area contributed by atoms with E-state index in [1.165, 1.54) is 10.8 Å². The predicted molar refractivity (Wildman–Crippen MR) is 46.4 cm³/mol. The summed E-state index contributed by atoms with van der Waals surface area (Å²) in [6.45, 7) is 6.68. The molecule has 0 amide bonds. The molecule has 0 aliphatic rings. The van der Waals surface area contributed by atoms with Crippen LogP contribution in [0.2, 0.25) is 0 Å². The minimum Gasteiger partial charge on any atom is -0.255 e. The van der Waals surface area contributed by atoms with Crippen LogP contribution in [0.15, 0.2) is 24.0 Å². The normalized spacial score (nSPS) is 15.6. The molecular weight excluding hydrogens is 168 g/mol. The zero-order valence-corrected chi connectivity index (χ0v) is 7.25. The Balaban J connectivity index is 3.54. The molecule has 0 aromatic rings. The maximum Gasteiger partial charge on any atom is 0.0459 e. The quantitative estimate of drug-likeness (QED) is 0.623. The Morgan fingerprint density at radius 1 is 1.00 bits per heavy atom. The molecule has 0 aromatic carbocycles. The summed E-state index contributed by atoms with van der Waals surface area (Å²) in [5, 5.41) is 2.70. The van der Waals surface area contributed by atoms with E-state index in [1.54, 1.807) is 0 Å². The van der Waals surface area contributed by atoms with Crippen molar-refractivity contribution >= 4 is 21.6 Å². The van der Waals surface area contributed by atoms with E-state index in [0.29, 0.717) is 11.5 Å². The summed E-state index contributed by atoms with van der Waals surface area (Å²) in [5.74, 6) is 0.810. The summed E-state index contributed by atoms with van der Waals surface area (Å²) in [5.41, 5.74) is 0. The summed E-state index contributed by atoms with van der Waals surface area (Å²) >= 11 is 0. The zero-order chi connectivity index (χ0) is 7.98. The van der Waals surface area contributed by atoms with Gasteiger partial charge in [0.05, 0.1) is 0 Å². The molecule has 0 heterocycles. The SMILES string of the molecule is C=CS(=O)CCS(=O)C=C. The first kappa shape index (κ1) is 9.78. The van der Waals surface area contributed by atoms with E-state index in [9.17, 15) is 8.42 Å². The van der Waals surface area contributed by atoms with Gasteiger partial charge in [0.15, 0.2) is 0 Å². The van der Waals surface area contributed by atoms with Gasteiger partial charge in [0.2, 0.25) is 0 Å². The summed E-state index contributed by atoms with van der Waals surface area (Å²) in [6, 6.07) is 0. The van der Waals surface area contributed by atoms with Crippen LogP contribution in [0.1, 0.15) is 0 Å². The standard InChI is InChI=1S/C6H10O2S2/c1-3-9(7)5-6-10(8)4-2/h3-4H,1-2,5-6H2. The second kappa shape index (κ2) is 5.56. The first-order valence-electron chi connectivity index (χ1n) is 2.70. The molecule has 10 heavy (non-hydrogen) atoms. The molecule has 0 aromatic heterocycles. The molecule has 2 atom stereocenters. The molecule has 0 aliphatic carbocycles. The van der Waals surface area contributed by atoms with Gasteiger partial charge in [0.1, 0.15) is 0 Å². The molecule has 0 radical (unpaired) electrons. The molecule has 0 N–H and O–H groups in total. The monoisotopic (exact) mass is 178 g/mol. The van der Waals surface area contributed by atoms with Gasteiger partial charge in [-0.1, -0.05) is 13.2 Å². The van der Waals surface area contributed by atoms with E-state index in [-0.39, 0.29) is 0 Å². The van der Waals surface area contributed by atoms with Crippen LogP contribution in [-0.2, 0) is 21.6 Å². The summed E-state index contributed by atoms with van der Waals surface area (Å²) in [4.78, 5) is 0. The number of rotatable bonds is 5. The second-order valence-corrected chi connectivity index (χ2v) is 4.51. The smallest absolute Gasteiger partial charge is 0.0459 e. The average Bonchev–Trinajstić information content (AvgIpc) is 1.99. The molecule has 2 unspecified atom stereocenters. The van der Waals surface area contributed by atoms with Crippen molar-refractivity contribution in [1.82, 2.24) is 0 Å². The molecule has 2 nitrogen and oxygen atoms in total. The third-order valence-corrected chi connectivity index (χ3v) is 3.07. The Kier molecular flexibility index (Phi) is 5.43. The van der Waals surface area contributed by atoms with Crippen LogP contribution in [0.25, 0.3) is 0 Å². The Hall–Kier alpha value is -0.220. The van der Waals surface area contributed by atoms with Gasteiger partial charge in [-0.2, -0.15) is 0 Å². The zero-order valence-electron chi connectivity index (χ0n) is 5.62. The fraction of sp³-hybridized carbons (Fsp3) is 0.333. The summed E-state index contributed by atoms with van der Waals surface area (Å²) in [7, 11) is -2.05. The first-order valence-corrected chi connectivity index (χ1v) is 5.46. The molecule has 0 rings (SSSR count). The fourth-order valence-electron chi connectivity index (χ4n) is 0.331. The van der Waals surface area contributed by atoms with Gasteiger partial charge in [0.25, 0.3) is 0 Å². The van der Waals surface area contributed by atoms with Crippen molar-refractivity contribution in [3.05, 3.63) is 24.0 Å². The van der Waals surface area contributed by atoms with E-state index in [2.05, 4.69) is 13.2 Å². The van der Waals surface area contributed by atoms with Crippen LogP contribution in [-0.4, -0.2) is 19.9 Å². The van der Waals surface area contributed by atoms with Crippen molar-refractivity contribution in [2.45, 2.75) is 0 Å². The number of hydrogen-bond acceptors (Lipinski definition) is 2. The Labute approximate surface area is 65.9 Å². The van der Waals surface area contributed by atoms with E-state index in [4.69, 9.17) is 0 Å². The average molecular weight is 178 g/mol. The molecule has 0 fully saturated rings. The van der Waals surface area contributed by atoms with Crippen molar-refractivity contribution in [1.29, 1.82) is 0 Å². The summed E-state index contributed by atoms with van der Waals surface area (Å²) < 4.78 is 21.3. The Morgan fingerprint density at radius 2 is 1.30 bits per heavy atom. The predicted octanol–water partition coefficient (Wildman–Crippen LogP) is 0.771. The molecule has 0 bridgehead atoms. The van der Waals surface area contributed by atoms with Crippen molar-refractivity contribution in [3.63, 3.8) is 0 Å². The fourth-order valence-corrected chi connectivity index (χ4v) is 1.98. The van der Waals surface area contributed by atoms with Crippen molar-refractivity contribution in [2.24, 2.45) is 0 Å². The van der Waals surface area contributed by atoms with Gasteiger partial charge in [-0.25, -0.2) is 0 Å². The molecule has 58 valence electrons. The molecule has 0 saturated heterocycles. The minimum absolute atomic E-state index is 0.405. The highest BCUT2D eigenvalue weighted by Gasteiger charge is 1.96. The van der Waals surface area contributed by atoms with E-state index in [0.717, 1.165) is 0 Å². The van der Waals surface area contributed by atoms with Crippen LogP contribution in [0.5, 0.6) is 0 Å². The van der Waals surface area contributed by atoms with Gasteiger partial charge in [-0.3, -0.25) is 8.42 Å². The lowest BCUT2D eigenvalue weighted by molar-refractivity contribution is 0.684. The van der Waals surface area contributed by atoms with Crippen LogP contribution in [0.4, 0.5) is 0 Å². The molecule has 0 aliphatic heterocycles. The third-order valence-electron chi connectivity index (χ3n) is 0.857. The van der Waals surface area contributed by atoms with Gasteiger partial charge in [-0.15, -0.1) is 0 Å². The highest BCUT2D eigenvalue weighted by Crippen LogP contribution is 1.87. The van der Waals surface area contributed by atoms with E-state index < -0.39 is 21.6 Å². The lowest BCUT2D eigenvalue weighted by Crippen LogP contribution is -2.02. The molecule has 4 heteroatoms. The van der Waals surface area contributed by atoms with Gasteiger partial charge in [0, 0.05) is 33.1 Å². The van der Waals surface area contributed by atoms with E-state index in [1.807, 2.05) is 0 Å². The van der Waals surface area contributed by atoms with Crippen molar-refractivity contribution in [2.75, 3.05) is 11.5 Å².